The second kappa shape index (κ2) is 7.29. The summed E-state index contributed by atoms with van der Waals surface area (Å²) in [6, 6.07) is 9.34. The zero-order valence-corrected chi connectivity index (χ0v) is 14.4. The van der Waals surface area contributed by atoms with Gasteiger partial charge in [0.15, 0.2) is 11.5 Å². The Morgan fingerprint density at radius 2 is 1.72 bits per heavy atom. The number of hydrogen-bond acceptors (Lipinski definition) is 5. The van der Waals surface area contributed by atoms with Crippen LogP contribution in [0, 0.1) is 13.8 Å². The van der Waals surface area contributed by atoms with E-state index in [1.165, 1.54) is 0 Å². The van der Waals surface area contributed by atoms with Crippen LogP contribution in [0.15, 0.2) is 30.3 Å². The van der Waals surface area contributed by atoms with Crippen LogP contribution in [0.25, 0.3) is 0 Å². The highest BCUT2D eigenvalue weighted by Crippen LogP contribution is 2.20. The summed E-state index contributed by atoms with van der Waals surface area (Å²) in [5.74, 6) is 0.441. The van der Waals surface area contributed by atoms with E-state index in [-0.39, 0.29) is 11.6 Å². The number of aromatic nitrogens is 2. The lowest BCUT2D eigenvalue weighted by Gasteiger charge is -2.32. The quantitative estimate of drug-likeness (QED) is 0.857. The van der Waals surface area contributed by atoms with Crippen molar-refractivity contribution in [1.29, 1.82) is 0 Å². The van der Waals surface area contributed by atoms with Gasteiger partial charge in [-0.05, 0) is 37.1 Å². The highest BCUT2D eigenvalue weighted by atomic mass is 16.2. The predicted octanol–water partition coefficient (Wildman–Crippen LogP) is 1.62. The van der Waals surface area contributed by atoms with Gasteiger partial charge in [0.1, 0.15) is 0 Å². The van der Waals surface area contributed by atoms with Gasteiger partial charge in [0, 0.05) is 31.9 Å². The van der Waals surface area contributed by atoms with Crippen molar-refractivity contribution in [3.8, 4) is 0 Å². The second-order valence-corrected chi connectivity index (χ2v) is 6.13. The Kier molecular flexibility index (Phi) is 4.92. The minimum atomic E-state index is -0.276. The van der Waals surface area contributed by atoms with E-state index in [9.17, 15) is 9.59 Å². The van der Waals surface area contributed by atoms with E-state index in [1.54, 1.807) is 17.0 Å². The fourth-order valence-corrected chi connectivity index (χ4v) is 2.86. The zero-order valence-electron chi connectivity index (χ0n) is 14.4. The van der Waals surface area contributed by atoms with Crippen molar-refractivity contribution < 1.29 is 9.59 Å². The molecule has 130 valence electrons. The molecule has 0 unspecified atom stereocenters. The summed E-state index contributed by atoms with van der Waals surface area (Å²) in [7, 11) is 0. The van der Waals surface area contributed by atoms with Crippen LogP contribution >= 0.6 is 0 Å². The zero-order chi connectivity index (χ0) is 17.8. The largest absolute Gasteiger partial charge is 0.352 e. The molecule has 3 rings (SSSR count). The van der Waals surface area contributed by atoms with E-state index in [0.717, 1.165) is 23.2 Å². The van der Waals surface area contributed by atoms with E-state index in [1.807, 2.05) is 32.0 Å². The van der Waals surface area contributed by atoms with Crippen LogP contribution < -0.4 is 10.2 Å². The molecule has 1 N–H and O–H groups in total. The summed E-state index contributed by atoms with van der Waals surface area (Å²) in [4.78, 5) is 27.0. The number of anilines is 2. The summed E-state index contributed by atoms with van der Waals surface area (Å²) in [5, 5.41) is 11.1. The van der Waals surface area contributed by atoms with Gasteiger partial charge >= 0.3 is 0 Å². The van der Waals surface area contributed by atoms with Gasteiger partial charge in [-0.1, -0.05) is 18.2 Å². The number of amides is 2. The number of benzene rings is 1. The molecule has 1 aromatic carbocycles. The minimum absolute atomic E-state index is 0.276. The maximum atomic E-state index is 12.4. The SMILES string of the molecule is Cc1cccc(C)c1NC(=O)c1ccc(N2CCN(C=O)CC2)nn1. The molecular formula is C18H21N5O2. The predicted molar refractivity (Wildman–Crippen MR) is 95.8 cm³/mol. The first-order chi connectivity index (χ1) is 12.1. The topological polar surface area (TPSA) is 78.4 Å². The first kappa shape index (κ1) is 16.9. The molecule has 7 heteroatoms. The Morgan fingerprint density at radius 1 is 1.04 bits per heavy atom. The number of para-hydroxylation sites is 1. The molecule has 1 aliphatic rings. The first-order valence-electron chi connectivity index (χ1n) is 8.24. The van der Waals surface area contributed by atoms with Crippen LogP contribution in [-0.4, -0.2) is 53.6 Å². The molecular weight excluding hydrogens is 318 g/mol. The van der Waals surface area contributed by atoms with E-state index in [0.29, 0.717) is 32.0 Å². The summed E-state index contributed by atoms with van der Waals surface area (Å²) < 4.78 is 0. The summed E-state index contributed by atoms with van der Waals surface area (Å²) >= 11 is 0. The Bertz CT molecular complexity index is 747. The Hall–Kier alpha value is -2.96. The van der Waals surface area contributed by atoms with Gasteiger partial charge in [-0.3, -0.25) is 9.59 Å². The Balaban J connectivity index is 1.68. The summed E-state index contributed by atoms with van der Waals surface area (Å²) in [6.07, 6.45) is 0.865. The van der Waals surface area contributed by atoms with E-state index in [2.05, 4.69) is 20.4 Å². The molecule has 0 bridgehead atoms. The third-order valence-corrected chi connectivity index (χ3v) is 4.39. The standard InChI is InChI=1S/C18H21N5O2/c1-13-4-3-5-14(2)17(13)19-18(25)15-6-7-16(21-20-15)23-10-8-22(12-24)9-11-23/h3-7,12H,8-11H2,1-2H3,(H,19,25). The molecule has 1 saturated heterocycles. The van der Waals surface area contributed by atoms with Crippen LogP contribution in [0.5, 0.6) is 0 Å². The number of piperazine rings is 1. The van der Waals surface area contributed by atoms with Crippen molar-refractivity contribution in [3.05, 3.63) is 47.2 Å². The summed E-state index contributed by atoms with van der Waals surface area (Å²) in [5.41, 5.74) is 3.10. The monoisotopic (exact) mass is 339 g/mol. The van der Waals surface area contributed by atoms with Crippen molar-refractivity contribution in [1.82, 2.24) is 15.1 Å². The van der Waals surface area contributed by atoms with Crippen LogP contribution in [0.1, 0.15) is 21.6 Å². The highest BCUT2D eigenvalue weighted by molar-refractivity contribution is 6.03. The normalized spacial score (nSPS) is 14.3. The lowest BCUT2D eigenvalue weighted by Crippen LogP contribution is -2.46. The van der Waals surface area contributed by atoms with Crippen molar-refractivity contribution in [2.45, 2.75) is 13.8 Å². The number of aryl methyl sites for hydroxylation is 2. The van der Waals surface area contributed by atoms with E-state index in [4.69, 9.17) is 0 Å². The molecule has 2 heterocycles. The molecule has 0 radical (unpaired) electrons. The smallest absolute Gasteiger partial charge is 0.276 e. The molecule has 0 aliphatic carbocycles. The van der Waals surface area contributed by atoms with Gasteiger partial charge in [0.25, 0.3) is 5.91 Å². The average molecular weight is 339 g/mol. The molecule has 0 atom stereocenters. The highest BCUT2D eigenvalue weighted by Gasteiger charge is 2.18. The van der Waals surface area contributed by atoms with Gasteiger partial charge < -0.3 is 15.1 Å². The number of nitrogens with one attached hydrogen (secondary N) is 1. The van der Waals surface area contributed by atoms with Crippen LogP contribution in [0.3, 0.4) is 0 Å². The average Bonchev–Trinajstić information content (AvgIpc) is 2.65. The molecule has 1 fully saturated rings. The molecule has 1 aromatic heterocycles. The lowest BCUT2D eigenvalue weighted by molar-refractivity contribution is -0.118. The van der Waals surface area contributed by atoms with Crippen LogP contribution in [0.4, 0.5) is 11.5 Å². The number of rotatable bonds is 4. The van der Waals surface area contributed by atoms with Crippen molar-refractivity contribution in [2.24, 2.45) is 0 Å². The fraction of sp³-hybridized carbons (Fsp3) is 0.333. The first-order valence-corrected chi connectivity index (χ1v) is 8.24. The van der Waals surface area contributed by atoms with Crippen LogP contribution in [0.2, 0.25) is 0 Å². The van der Waals surface area contributed by atoms with Crippen molar-refractivity contribution in [2.75, 3.05) is 36.4 Å². The molecule has 25 heavy (non-hydrogen) atoms. The van der Waals surface area contributed by atoms with Gasteiger partial charge in [-0.15, -0.1) is 10.2 Å². The molecule has 2 amide bonds. The lowest BCUT2D eigenvalue weighted by atomic mass is 10.1. The van der Waals surface area contributed by atoms with Crippen molar-refractivity contribution in [3.63, 3.8) is 0 Å². The third kappa shape index (κ3) is 3.76. The fourth-order valence-electron chi connectivity index (χ4n) is 2.86. The molecule has 0 spiro atoms. The Labute approximate surface area is 146 Å². The third-order valence-electron chi connectivity index (χ3n) is 4.39. The van der Waals surface area contributed by atoms with Gasteiger partial charge in [0.2, 0.25) is 6.41 Å². The number of carbonyl (C=O) groups is 2. The Morgan fingerprint density at radius 3 is 2.28 bits per heavy atom. The maximum absolute atomic E-state index is 12.4. The van der Waals surface area contributed by atoms with E-state index >= 15 is 0 Å². The molecule has 1 aliphatic heterocycles. The van der Waals surface area contributed by atoms with Crippen LogP contribution in [-0.2, 0) is 4.79 Å². The van der Waals surface area contributed by atoms with Gasteiger partial charge in [-0.2, -0.15) is 0 Å². The molecule has 2 aromatic rings. The van der Waals surface area contributed by atoms with Gasteiger partial charge in [-0.25, -0.2) is 0 Å². The minimum Gasteiger partial charge on any atom is -0.352 e. The van der Waals surface area contributed by atoms with Crippen molar-refractivity contribution >= 4 is 23.8 Å². The number of carbonyl (C=O) groups excluding carboxylic acids is 2. The number of nitrogens with zero attached hydrogens (tertiary/aromatic N) is 4. The molecule has 7 nitrogen and oxygen atoms in total. The molecule has 0 saturated carbocycles. The van der Waals surface area contributed by atoms with Gasteiger partial charge in [0.05, 0.1) is 0 Å². The summed E-state index contributed by atoms with van der Waals surface area (Å²) in [6.45, 7) is 6.66. The second-order valence-electron chi connectivity index (χ2n) is 6.13. The maximum Gasteiger partial charge on any atom is 0.276 e. The number of hydrogen-bond donors (Lipinski definition) is 1. The van der Waals surface area contributed by atoms with E-state index < -0.39 is 0 Å².